The van der Waals surface area contributed by atoms with E-state index in [1.165, 1.54) is 0 Å². The molecule has 22 heavy (non-hydrogen) atoms. The third-order valence-electron chi connectivity index (χ3n) is 2.78. The molecule has 0 rings (SSSR count). The number of guanidine groups is 1. The number of nitrogens with one attached hydrogen (secondary N) is 1. The minimum atomic E-state index is -0.764. The molecule has 4 nitrogen and oxygen atoms in total. The molecule has 0 aromatic heterocycles. The zero-order chi connectivity index (χ0) is 18.1. The molecule has 1 amide bonds. The van der Waals surface area contributed by atoms with Gasteiger partial charge in [-0.3, -0.25) is 10.1 Å². The topological polar surface area (TPSA) is 44.7 Å². The van der Waals surface area contributed by atoms with Gasteiger partial charge in [0.25, 0.3) is 0 Å². The van der Waals surface area contributed by atoms with Crippen molar-refractivity contribution in [1.29, 1.82) is 0 Å². The fourth-order valence-electron chi connectivity index (χ4n) is 2.35. The van der Waals surface area contributed by atoms with Crippen molar-refractivity contribution in [3.8, 4) is 0 Å². The summed E-state index contributed by atoms with van der Waals surface area (Å²) in [5.74, 6) is 0.442. The van der Waals surface area contributed by atoms with Gasteiger partial charge in [0.15, 0.2) is 0 Å². The van der Waals surface area contributed by atoms with E-state index in [1.54, 1.807) is 13.8 Å². The Kier molecular flexibility index (Phi) is 6.21. The normalized spacial score (nSPS) is 14.8. The lowest BCUT2D eigenvalue weighted by atomic mass is 9.96. The van der Waals surface area contributed by atoms with E-state index in [4.69, 9.17) is 4.99 Å². The summed E-state index contributed by atoms with van der Waals surface area (Å²) in [5, 5.41) is 2.99. The van der Waals surface area contributed by atoms with Crippen molar-refractivity contribution in [1.82, 2.24) is 10.2 Å². The van der Waals surface area contributed by atoms with Gasteiger partial charge in [-0.2, -0.15) is 12.6 Å². The summed E-state index contributed by atoms with van der Waals surface area (Å²) < 4.78 is -0.764. The minimum Gasteiger partial charge on any atom is -0.333 e. The number of rotatable bonds is 1. The standard InChI is InChI=1S/C17H35N3OS/c1-14(2,3)19-13(18-12(21)17(10,11)22)20(15(4,5)6)16(7,8)9/h22H,1-11H3,(H,18,19,21). The van der Waals surface area contributed by atoms with Gasteiger partial charge in [-0.1, -0.05) is 0 Å². The summed E-state index contributed by atoms with van der Waals surface area (Å²) in [6.45, 7) is 22.3. The molecule has 0 saturated carbocycles. The van der Waals surface area contributed by atoms with Gasteiger partial charge >= 0.3 is 0 Å². The molecule has 5 heteroatoms. The Bertz CT molecular complexity index is 415. The van der Waals surface area contributed by atoms with Crippen LogP contribution in [0.3, 0.4) is 0 Å². The van der Waals surface area contributed by atoms with Gasteiger partial charge in [0.1, 0.15) is 0 Å². The highest BCUT2D eigenvalue weighted by Crippen LogP contribution is 2.26. The molecule has 0 unspecified atom stereocenters. The first kappa shape index (κ1) is 21.3. The van der Waals surface area contributed by atoms with Crippen molar-refractivity contribution in [2.75, 3.05) is 0 Å². The lowest BCUT2D eigenvalue weighted by Gasteiger charge is -2.48. The SMILES string of the molecule is CC(C)(C)/N=C(/NC(=O)C(C)(C)S)N(C(C)(C)C)C(C)(C)C. The Balaban J connectivity index is 5.97. The van der Waals surface area contributed by atoms with Gasteiger partial charge in [-0.05, 0) is 76.2 Å². The average Bonchev–Trinajstić information content (AvgIpc) is 2.06. The van der Waals surface area contributed by atoms with Crippen LogP contribution in [-0.2, 0) is 4.79 Å². The Hall–Kier alpha value is -0.710. The van der Waals surface area contributed by atoms with Crippen molar-refractivity contribution in [2.24, 2.45) is 4.99 Å². The fraction of sp³-hybridized carbons (Fsp3) is 0.882. The second kappa shape index (κ2) is 6.42. The first-order valence-corrected chi connectivity index (χ1v) is 8.24. The van der Waals surface area contributed by atoms with Crippen LogP contribution < -0.4 is 5.32 Å². The molecule has 0 heterocycles. The summed E-state index contributed by atoms with van der Waals surface area (Å²) in [5.41, 5.74) is -0.662. The third kappa shape index (κ3) is 7.03. The lowest BCUT2D eigenvalue weighted by molar-refractivity contribution is -0.121. The third-order valence-corrected chi connectivity index (χ3v) is 2.98. The fourth-order valence-corrected chi connectivity index (χ4v) is 2.40. The first-order chi connectivity index (χ1) is 9.36. The number of hydrogen-bond donors (Lipinski definition) is 2. The van der Waals surface area contributed by atoms with Gasteiger partial charge in [0, 0.05) is 11.1 Å². The Morgan fingerprint density at radius 2 is 1.23 bits per heavy atom. The number of aliphatic imine (C=N–C) groups is 1. The van der Waals surface area contributed by atoms with Crippen molar-refractivity contribution >= 4 is 24.5 Å². The van der Waals surface area contributed by atoms with E-state index >= 15 is 0 Å². The van der Waals surface area contributed by atoms with Crippen LogP contribution in [0.25, 0.3) is 0 Å². The monoisotopic (exact) mass is 329 g/mol. The zero-order valence-electron chi connectivity index (χ0n) is 16.2. The number of nitrogens with zero attached hydrogens (tertiary/aromatic N) is 2. The van der Waals surface area contributed by atoms with Crippen LogP contribution >= 0.6 is 12.6 Å². The highest BCUT2D eigenvalue weighted by molar-refractivity contribution is 7.82. The average molecular weight is 330 g/mol. The van der Waals surface area contributed by atoms with E-state index in [0.29, 0.717) is 5.96 Å². The van der Waals surface area contributed by atoms with Crippen LogP contribution in [0, 0.1) is 0 Å². The van der Waals surface area contributed by atoms with Gasteiger partial charge in [0.2, 0.25) is 11.9 Å². The molecule has 0 atom stereocenters. The van der Waals surface area contributed by atoms with E-state index in [0.717, 1.165) is 0 Å². The van der Waals surface area contributed by atoms with Crippen molar-refractivity contribution in [2.45, 2.75) is 97.5 Å². The van der Waals surface area contributed by atoms with E-state index in [9.17, 15) is 4.79 Å². The number of carbonyl (C=O) groups excluding carboxylic acids is 1. The maximum absolute atomic E-state index is 12.4. The molecule has 0 saturated heterocycles. The largest absolute Gasteiger partial charge is 0.333 e. The summed E-state index contributed by atoms with van der Waals surface area (Å²) in [7, 11) is 0. The second-order valence-corrected chi connectivity index (χ2v) is 10.4. The molecule has 0 radical (unpaired) electrons. The molecule has 0 aromatic carbocycles. The molecule has 0 aliphatic rings. The van der Waals surface area contributed by atoms with Gasteiger partial charge in [0.05, 0.1) is 10.3 Å². The Labute approximate surface area is 142 Å². The molecule has 0 fully saturated rings. The van der Waals surface area contributed by atoms with Gasteiger partial charge in [-0.25, -0.2) is 4.99 Å². The van der Waals surface area contributed by atoms with Crippen LogP contribution in [-0.4, -0.2) is 38.1 Å². The molecule has 130 valence electrons. The van der Waals surface area contributed by atoms with Crippen molar-refractivity contribution < 1.29 is 4.79 Å². The minimum absolute atomic E-state index is 0.155. The smallest absolute Gasteiger partial charge is 0.242 e. The van der Waals surface area contributed by atoms with Crippen molar-refractivity contribution in [3.05, 3.63) is 0 Å². The summed E-state index contributed by atoms with van der Waals surface area (Å²) in [6, 6.07) is 0. The van der Waals surface area contributed by atoms with Crippen LogP contribution in [0.4, 0.5) is 0 Å². The van der Waals surface area contributed by atoms with E-state index < -0.39 is 4.75 Å². The molecule has 1 N–H and O–H groups in total. The summed E-state index contributed by atoms with van der Waals surface area (Å²) >= 11 is 4.36. The van der Waals surface area contributed by atoms with Gasteiger partial charge < -0.3 is 4.90 Å². The maximum atomic E-state index is 12.4. The number of thiol groups is 1. The predicted molar refractivity (Wildman–Crippen MR) is 99.7 cm³/mol. The Morgan fingerprint density at radius 1 is 0.864 bits per heavy atom. The molecule has 0 bridgehead atoms. The molecule has 0 spiro atoms. The highest BCUT2D eigenvalue weighted by Gasteiger charge is 2.37. The first-order valence-electron chi connectivity index (χ1n) is 7.80. The van der Waals surface area contributed by atoms with E-state index in [-0.39, 0.29) is 22.5 Å². The molecule has 0 aromatic rings. The second-order valence-electron chi connectivity index (χ2n) is 9.30. The Morgan fingerprint density at radius 3 is 1.45 bits per heavy atom. The van der Waals surface area contributed by atoms with E-state index in [2.05, 4.69) is 64.4 Å². The summed E-state index contributed by atoms with van der Waals surface area (Å²) in [4.78, 5) is 19.4. The highest BCUT2D eigenvalue weighted by atomic mass is 32.1. The molecular weight excluding hydrogens is 294 g/mol. The summed E-state index contributed by atoms with van der Waals surface area (Å²) in [6.07, 6.45) is 0. The number of hydrogen-bond acceptors (Lipinski definition) is 3. The lowest BCUT2D eigenvalue weighted by Crippen LogP contribution is -2.62. The van der Waals surface area contributed by atoms with Crippen LogP contribution in [0.5, 0.6) is 0 Å². The van der Waals surface area contributed by atoms with Crippen LogP contribution in [0.1, 0.15) is 76.2 Å². The molecular formula is C17H35N3OS. The molecule has 0 aliphatic carbocycles. The van der Waals surface area contributed by atoms with Crippen molar-refractivity contribution in [3.63, 3.8) is 0 Å². The predicted octanol–water partition coefficient (Wildman–Crippen LogP) is 3.86. The van der Waals surface area contributed by atoms with Crippen LogP contribution in [0.15, 0.2) is 4.99 Å². The van der Waals surface area contributed by atoms with E-state index in [1.807, 2.05) is 20.8 Å². The maximum Gasteiger partial charge on any atom is 0.242 e. The van der Waals surface area contributed by atoms with Gasteiger partial charge in [-0.15, -0.1) is 0 Å². The zero-order valence-corrected chi connectivity index (χ0v) is 17.1. The quantitative estimate of drug-likeness (QED) is 0.436. The van der Waals surface area contributed by atoms with Crippen LogP contribution in [0.2, 0.25) is 0 Å². The number of carbonyl (C=O) groups is 1. The number of amides is 1. The molecule has 0 aliphatic heterocycles.